The van der Waals surface area contributed by atoms with Crippen molar-refractivity contribution in [3.05, 3.63) is 112 Å². The van der Waals surface area contributed by atoms with E-state index in [1.165, 1.54) is 0 Å². The lowest BCUT2D eigenvalue weighted by molar-refractivity contribution is 0.683. The first-order valence-corrected chi connectivity index (χ1v) is 11.2. The summed E-state index contributed by atoms with van der Waals surface area (Å²) in [5.41, 5.74) is 3.21. The van der Waals surface area contributed by atoms with Gasteiger partial charge in [-0.2, -0.15) is 0 Å². The van der Waals surface area contributed by atoms with E-state index in [-0.39, 0.29) is 0 Å². The van der Waals surface area contributed by atoms with Gasteiger partial charge < -0.3 is 0 Å². The molecule has 3 aromatic carbocycles. The highest BCUT2D eigenvalue weighted by Crippen LogP contribution is 2.23. The summed E-state index contributed by atoms with van der Waals surface area (Å²) >= 11 is 0. The molecule has 0 spiro atoms. The Morgan fingerprint density at radius 3 is 1.61 bits per heavy atom. The molecule has 4 heteroatoms. The average Bonchev–Trinajstić information content (AvgIpc) is 2.72. The molecule has 0 unspecified atom stereocenters. The molecule has 0 N–H and O–H groups in total. The van der Waals surface area contributed by atoms with E-state index in [1.54, 1.807) is 6.08 Å². The third kappa shape index (κ3) is 5.24. The number of aryl methyl sites for hydroxylation is 2. The molecule has 2 atom stereocenters. The predicted octanol–water partition coefficient (Wildman–Crippen LogP) is 5.77. The van der Waals surface area contributed by atoms with Crippen molar-refractivity contribution in [1.82, 2.24) is 0 Å². The van der Waals surface area contributed by atoms with Crippen molar-refractivity contribution in [2.24, 2.45) is 0 Å². The highest BCUT2D eigenvalue weighted by molar-refractivity contribution is 8.08. The van der Waals surface area contributed by atoms with E-state index in [0.717, 1.165) is 16.7 Å². The Hall–Kier alpha value is -2.56. The summed E-state index contributed by atoms with van der Waals surface area (Å²) in [6.07, 6.45) is 5.43. The number of benzene rings is 3. The molecule has 0 heterocycles. The maximum Gasteiger partial charge on any atom is 0.113 e. The maximum atomic E-state index is 13.2. The van der Waals surface area contributed by atoms with Gasteiger partial charge in [0.25, 0.3) is 0 Å². The lowest BCUT2D eigenvalue weighted by Gasteiger charge is -2.08. The van der Waals surface area contributed by atoms with Crippen LogP contribution in [0.25, 0.3) is 6.08 Å². The highest BCUT2D eigenvalue weighted by atomic mass is 32.2. The Morgan fingerprint density at radius 1 is 0.679 bits per heavy atom. The fraction of sp³-hybridized carbons (Fsp3) is 0.0833. The van der Waals surface area contributed by atoms with E-state index in [9.17, 15) is 8.42 Å². The van der Waals surface area contributed by atoms with Crippen LogP contribution in [0.2, 0.25) is 0 Å². The van der Waals surface area contributed by atoms with Crippen LogP contribution in [-0.4, -0.2) is 8.42 Å². The topological polar surface area (TPSA) is 34.1 Å². The molecule has 28 heavy (non-hydrogen) atoms. The van der Waals surface area contributed by atoms with Gasteiger partial charge in [-0.15, -0.1) is 0 Å². The zero-order valence-electron chi connectivity index (χ0n) is 15.9. The monoisotopic (exact) mass is 406 g/mol. The Morgan fingerprint density at radius 2 is 1.14 bits per heavy atom. The highest BCUT2D eigenvalue weighted by Gasteiger charge is 2.18. The summed E-state index contributed by atoms with van der Waals surface area (Å²) in [5.74, 6) is 0. The molecule has 0 aliphatic rings. The van der Waals surface area contributed by atoms with E-state index < -0.39 is 21.6 Å². The van der Waals surface area contributed by atoms with Gasteiger partial charge in [-0.1, -0.05) is 77.9 Å². The third-order valence-electron chi connectivity index (χ3n) is 4.16. The number of rotatable bonds is 6. The summed E-state index contributed by atoms with van der Waals surface area (Å²) in [6.45, 7) is 3.97. The smallest absolute Gasteiger partial charge is 0.113 e. The van der Waals surface area contributed by atoms with Crippen LogP contribution in [0.1, 0.15) is 16.7 Å². The van der Waals surface area contributed by atoms with Crippen LogP contribution in [0, 0.1) is 13.8 Å². The Kier molecular flexibility index (Phi) is 6.90. The number of allylic oxidation sites excluding steroid dienone is 2. The molecule has 0 saturated carbocycles. The van der Waals surface area contributed by atoms with Gasteiger partial charge in [0.1, 0.15) is 4.24 Å². The molecule has 0 saturated heterocycles. The van der Waals surface area contributed by atoms with Gasteiger partial charge in [0.05, 0.1) is 21.6 Å². The lowest BCUT2D eigenvalue weighted by atomic mass is 10.2. The average molecular weight is 407 g/mol. The summed E-state index contributed by atoms with van der Waals surface area (Å²) in [6, 6.07) is 24.8. The second kappa shape index (κ2) is 9.58. The number of hydrogen-bond donors (Lipinski definition) is 0. The minimum atomic E-state index is -1.51. The second-order valence-corrected chi connectivity index (χ2v) is 9.57. The molecule has 3 aromatic rings. The molecule has 0 aliphatic heterocycles. The quantitative estimate of drug-likeness (QED) is 0.487. The van der Waals surface area contributed by atoms with E-state index in [0.29, 0.717) is 14.0 Å². The van der Waals surface area contributed by atoms with E-state index in [2.05, 4.69) is 0 Å². The van der Waals surface area contributed by atoms with E-state index in [1.807, 2.05) is 105 Å². The molecule has 0 amide bonds. The first-order chi connectivity index (χ1) is 13.5. The molecule has 0 aromatic heterocycles. The summed E-state index contributed by atoms with van der Waals surface area (Å²) in [5, 5.41) is 0. The van der Waals surface area contributed by atoms with Crippen molar-refractivity contribution >= 4 is 27.7 Å². The molecule has 0 radical (unpaired) electrons. The van der Waals surface area contributed by atoms with Crippen LogP contribution in [0.5, 0.6) is 0 Å². The van der Waals surface area contributed by atoms with Gasteiger partial charge in [-0.3, -0.25) is 0 Å². The van der Waals surface area contributed by atoms with Crippen molar-refractivity contribution in [3.8, 4) is 0 Å². The fourth-order valence-electron chi connectivity index (χ4n) is 2.55. The van der Waals surface area contributed by atoms with Gasteiger partial charge in [0.15, 0.2) is 0 Å². The predicted molar refractivity (Wildman–Crippen MR) is 119 cm³/mol. The normalized spacial score (nSPS) is 13.2. The SMILES string of the molecule is Cc1ccc([S@](=O)C(=C/C=C/c2ccccc2)[S@@](=O)c2ccc(C)cc2)cc1. The zero-order valence-corrected chi connectivity index (χ0v) is 17.5. The Balaban J connectivity index is 1.97. The first-order valence-electron chi connectivity index (χ1n) is 8.95. The third-order valence-corrected chi connectivity index (χ3v) is 7.47. The zero-order chi connectivity index (χ0) is 19.9. The van der Waals surface area contributed by atoms with Gasteiger partial charge in [0, 0.05) is 9.79 Å². The van der Waals surface area contributed by atoms with Gasteiger partial charge in [0.2, 0.25) is 0 Å². The van der Waals surface area contributed by atoms with Crippen LogP contribution in [0.3, 0.4) is 0 Å². The standard InChI is InChI=1S/C24H22O2S2/c1-19-11-15-22(16-12-19)27(25)24(10-6-9-21-7-4-3-5-8-21)28(26)23-17-13-20(2)14-18-23/h3-18H,1-2H3/b9-6+/t27-,28-/m0/s1. The van der Waals surface area contributed by atoms with Crippen molar-refractivity contribution in [1.29, 1.82) is 0 Å². The molecule has 0 bridgehead atoms. The first kappa shape index (κ1) is 20.2. The molecule has 2 nitrogen and oxygen atoms in total. The van der Waals surface area contributed by atoms with Crippen LogP contribution >= 0.6 is 0 Å². The van der Waals surface area contributed by atoms with Crippen LogP contribution < -0.4 is 0 Å². The van der Waals surface area contributed by atoms with Gasteiger partial charge in [-0.05, 0) is 49.8 Å². The largest absolute Gasteiger partial charge is 0.248 e. The molecule has 0 fully saturated rings. The van der Waals surface area contributed by atoms with Crippen LogP contribution in [0.4, 0.5) is 0 Å². The van der Waals surface area contributed by atoms with E-state index >= 15 is 0 Å². The molecule has 142 valence electrons. The molecular formula is C24H22O2S2. The van der Waals surface area contributed by atoms with Crippen molar-refractivity contribution in [2.75, 3.05) is 0 Å². The number of hydrogen-bond acceptors (Lipinski definition) is 2. The van der Waals surface area contributed by atoms with Crippen LogP contribution in [0.15, 0.2) is 105 Å². The van der Waals surface area contributed by atoms with Crippen molar-refractivity contribution < 1.29 is 8.42 Å². The second-order valence-electron chi connectivity index (χ2n) is 6.42. The summed E-state index contributed by atoms with van der Waals surface area (Å²) < 4.78 is 26.8. The molecule has 3 rings (SSSR count). The van der Waals surface area contributed by atoms with Crippen LogP contribution in [-0.2, 0) is 21.6 Å². The van der Waals surface area contributed by atoms with Gasteiger partial charge >= 0.3 is 0 Å². The lowest BCUT2D eigenvalue weighted by Crippen LogP contribution is -2.04. The minimum absolute atomic E-state index is 0.375. The molecule has 0 aliphatic carbocycles. The summed E-state index contributed by atoms with van der Waals surface area (Å²) in [4.78, 5) is 1.29. The van der Waals surface area contributed by atoms with E-state index in [4.69, 9.17) is 0 Å². The fourth-order valence-corrected chi connectivity index (χ4v) is 5.31. The van der Waals surface area contributed by atoms with Crippen molar-refractivity contribution in [2.45, 2.75) is 23.6 Å². The maximum absolute atomic E-state index is 13.2. The Labute approximate surface area is 171 Å². The van der Waals surface area contributed by atoms with Gasteiger partial charge in [-0.25, -0.2) is 8.42 Å². The summed E-state index contributed by atoms with van der Waals surface area (Å²) in [7, 11) is -3.03. The molecular weight excluding hydrogens is 384 g/mol. The van der Waals surface area contributed by atoms with Crippen molar-refractivity contribution in [3.63, 3.8) is 0 Å². The minimum Gasteiger partial charge on any atom is -0.248 e. The Bertz CT molecular complexity index is 973.